The molecule has 2 nitrogen and oxygen atoms in total. The summed E-state index contributed by atoms with van der Waals surface area (Å²) in [5.74, 6) is 1.15. The molecule has 0 bridgehead atoms. The van der Waals surface area contributed by atoms with Crippen molar-refractivity contribution in [3.63, 3.8) is 0 Å². The minimum Gasteiger partial charge on any atom is -0.295 e. The summed E-state index contributed by atoms with van der Waals surface area (Å²) in [7, 11) is 0. The van der Waals surface area contributed by atoms with Gasteiger partial charge in [-0.2, -0.15) is 0 Å². The van der Waals surface area contributed by atoms with Crippen molar-refractivity contribution in [1.29, 1.82) is 0 Å². The van der Waals surface area contributed by atoms with Crippen molar-refractivity contribution >= 4 is 17.8 Å². The van der Waals surface area contributed by atoms with E-state index in [0.717, 1.165) is 18.9 Å². The summed E-state index contributed by atoms with van der Waals surface area (Å²) >= 11 is 1.73. The van der Waals surface area contributed by atoms with E-state index in [-0.39, 0.29) is 0 Å². The fraction of sp³-hybridized carbons (Fsp3) is 0.400. The molecule has 2 aliphatic rings. The number of hydrogen-bond donors (Lipinski definition) is 0. The molecule has 0 aromatic heterocycles. The van der Waals surface area contributed by atoms with Crippen LogP contribution in [0.2, 0.25) is 0 Å². The first-order chi connectivity index (χ1) is 3.97. The molecule has 0 amide bonds. The maximum atomic E-state index is 4.23. The van der Waals surface area contributed by atoms with Crippen LogP contribution in [0.4, 0.5) is 0 Å². The monoisotopic (exact) mass is 126 g/mol. The third-order valence-electron chi connectivity index (χ3n) is 1.24. The lowest BCUT2D eigenvalue weighted by Gasteiger charge is -2.06. The van der Waals surface area contributed by atoms with Crippen LogP contribution in [-0.2, 0) is 0 Å². The van der Waals surface area contributed by atoms with E-state index >= 15 is 0 Å². The Morgan fingerprint density at radius 3 is 3.62 bits per heavy atom. The molecule has 0 aromatic rings. The van der Waals surface area contributed by atoms with E-state index in [0.29, 0.717) is 0 Å². The quantitative estimate of drug-likeness (QED) is 0.448. The lowest BCUT2D eigenvalue weighted by Crippen LogP contribution is -2.12. The molecule has 0 fully saturated rings. The van der Waals surface area contributed by atoms with E-state index in [2.05, 4.69) is 20.8 Å². The van der Waals surface area contributed by atoms with Gasteiger partial charge in [0.2, 0.25) is 0 Å². The van der Waals surface area contributed by atoms with Crippen molar-refractivity contribution in [3.05, 3.63) is 11.5 Å². The SMILES string of the molecule is C1=CC2=NCCN2S1. The number of fused-ring (bicyclic) bond motifs is 1. The molecule has 0 saturated heterocycles. The van der Waals surface area contributed by atoms with E-state index in [4.69, 9.17) is 0 Å². The van der Waals surface area contributed by atoms with E-state index in [1.54, 1.807) is 11.9 Å². The molecular weight excluding hydrogens is 120 g/mol. The van der Waals surface area contributed by atoms with Crippen LogP contribution in [0.3, 0.4) is 0 Å². The van der Waals surface area contributed by atoms with Gasteiger partial charge in [0, 0.05) is 0 Å². The van der Waals surface area contributed by atoms with Crippen LogP contribution in [0.1, 0.15) is 0 Å². The fourth-order valence-corrected chi connectivity index (χ4v) is 1.60. The Kier molecular flexibility index (Phi) is 0.842. The Morgan fingerprint density at radius 2 is 2.75 bits per heavy atom. The first-order valence-electron chi connectivity index (χ1n) is 2.62. The molecule has 0 unspecified atom stereocenters. The van der Waals surface area contributed by atoms with Crippen LogP contribution in [-0.4, -0.2) is 23.2 Å². The van der Waals surface area contributed by atoms with Crippen molar-refractivity contribution in [1.82, 2.24) is 4.31 Å². The third kappa shape index (κ3) is 0.478. The molecule has 2 heterocycles. The Balaban J connectivity index is 2.31. The molecule has 42 valence electrons. The predicted octanol–water partition coefficient (Wildman–Crippen LogP) is 0.876. The van der Waals surface area contributed by atoms with Gasteiger partial charge >= 0.3 is 0 Å². The maximum absolute atomic E-state index is 4.23. The lowest BCUT2D eigenvalue weighted by atomic mass is 10.6. The lowest BCUT2D eigenvalue weighted by molar-refractivity contribution is 0.746. The van der Waals surface area contributed by atoms with Gasteiger partial charge in [-0.15, -0.1) is 0 Å². The summed E-state index contributed by atoms with van der Waals surface area (Å²) in [5.41, 5.74) is 0. The standard InChI is InChI=1S/C5H6N2S/c1-4-8-7-3-2-6-5(1)7/h1,4H,2-3H2. The van der Waals surface area contributed by atoms with Gasteiger partial charge in [-0.1, -0.05) is 0 Å². The van der Waals surface area contributed by atoms with Gasteiger partial charge < -0.3 is 0 Å². The van der Waals surface area contributed by atoms with Crippen LogP contribution < -0.4 is 0 Å². The first kappa shape index (κ1) is 4.44. The van der Waals surface area contributed by atoms with Crippen molar-refractivity contribution < 1.29 is 0 Å². The second-order valence-corrected chi connectivity index (χ2v) is 2.67. The molecule has 0 aromatic carbocycles. The average molecular weight is 126 g/mol. The van der Waals surface area contributed by atoms with Gasteiger partial charge in [-0.05, 0) is 23.4 Å². The van der Waals surface area contributed by atoms with E-state index < -0.39 is 0 Å². The van der Waals surface area contributed by atoms with E-state index in [1.807, 2.05) is 0 Å². The van der Waals surface area contributed by atoms with Crippen molar-refractivity contribution in [2.45, 2.75) is 0 Å². The zero-order chi connectivity index (χ0) is 5.40. The van der Waals surface area contributed by atoms with Crippen LogP contribution in [0.15, 0.2) is 16.5 Å². The topological polar surface area (TPSA) is 15.6 Å². The second kappa shape index (κ2) is 1.52. The molecule has 2 aliphatic heterocycles. The smallest absolute Gasteiger partial charge is 0.134 e. The van der Waals surface area contributed by atoms with Gasteiger partial charge in [0.1, 0.15) is 5.84 Å². The van der Waals surface area contributed by atoms with Gasteiger partial charge in [0.25, 0.3) is 0 Å². The second-order valence-electron chi connectivity index (χ2n) is 1.75. The normalized spacial score (nSPS) is 24.0. The van der Waals surface area contributed by atoms with Crippen LogP contribution >= 0.6 is 11.9 Å². The molecule has 2 rings (SSSR count). The molecule has 0 spiro atoms. The molecule has 0 saturated carbocycles. The summed E-state index contributed by atoms with van der Waals surface area (Å²) in [6.07, 6.45) is 2.05. The highest BCUT2D eigenvalue weighted by Crippen LogP contribution is 2.22. The average Bonchev–Trinajstić information content (AvgIpc) is 2.15. The molecule has 3 heteroatoms. The molecule has 0 N–H and O–H groups in total. The highest BCUT2D eigenvalue weighted by molar-refractivity contribution is 8.00. The third-order valence-corrected chi connectivity index (χ3v) is 2.12. The Morgan fingerprint density at radius 1 is 1.75 bits per heavy atom. The van der Waals surface area contributed by atoms with Crippen LogP contribution in [0.5, 0.6) is 0 Å². The first-order valence-corrected chi connectivity index (χ1v) is 3.46. The Hall–Kier alpha value is -0.440. The molecule has 0 aliphatic carbocycles. The van der Waals surface area contributed by atoms with Crippen LogP contribution in [0, 0.1) is 0 Å². The minimum absolute atomic E-state index is 0.979. The molecule has 0 radical (unpaired) electrons. The molecular formula is C5H6N2S. The van der Waals surface area contributed by atoms with Crippen molar-refractivity contribution in [2.24, 2.45) is 4.99 Å². The van der Waals surface area contributed by atoms with E-state index in [1.165, 1.54) is 0 Å². The minimum atomic E-state index is 0.979. The summed E-state index contributed by atoms with van der Waals surface area (Å²) in [6, 6.07) is 0. The summed E-state index contributed by atoms with van der Waals surface area (Å²) in [5, 5.41) is 2.07. The molecule has 8 heavy (non-hydrogen) atoms. The van der Waals surface area contributed by atoms with Gasteiger partial charge in [-0.3, -0.25) is 9.30 Å². The summed E-state index contributed by atoms with van der Waals surface area (Å²) in [4.78, 5) is 4.23. The summed E-state index contributed by atoms with van der Waals surface area (Å²) in [6.45, 7) is 2.07. The van der Waals surface area contributed by atoms with Gasteiger partial charge in [0.15, 0.2) is 0 Å². The number of amidine groups is 1. The number of hydrogen-bond acceptors (Lipinski definition) is 3. The highest BCUT2D eigenvalue weighted by atomic mass is 32.2. The zero-order valence-electron chi connectivity index (χ0n) is 4.37. The number of aliphatic imine (C=N–C) groups is 1. The maximum Gasteiger partial charge on any atom is 0.134 e. The Labute approximate surface area is 52.4 Å². The van der Waals surface area contributed by atoms with Crippen molar-refractivity contribution in [2.75, 3.05) is 13.1 Å². The fourth-order valence-electron chi connectivity index (χ4n) is 0.856. The zero-order valence-corrected chi connectivity index (χ0v) is 5.19. The number of rotatable bonds is 0. The van der Waals surface area contributed by atoms with E-state index in [9.17, 15) is 0 Å². The van der Waals surface area contributed by atoms with Crippen molar-refractivity contribution in [3.8, 4) is 0 Å². The molecule has 0 atom stereocenters. The largest absolute Gasteiger partial charge is 0.295 e. The van der Waals surface area contributed by atoms with Crippen LogP contribution in [0.25, 0.3) is 0 Å². The van der Waals surface area contributed by atoms with Gasteiger partial charge in [-0.25, -0.2) is 0 Å². The predicted molar refractivity (Wildman–Crippen MR) is 35.7 cm³/mol. The number of nitrogens with zero attached hydrogens (tertiary/aromatic N) is 2. The van der Waals surface area contributed by atoms with Gasteiger partial charge in [0.05, 0.1) is 13.1 Å². The highest BCUT2D eigenvalue weighted by Gasteiger charge is 2.17. The summed E-state index contributed by atoms with van der Waals surface area (Å²) < 4.78 is 2.19. The Bertz CT molecular complexity index is 162.